The summed E-state index contributed by atoms with van der Waals surface area (Å²) in [6, 6.07) is 5.39. The number of nitrogens with zero attached hydrogens (tertiary/aromatic N) is 2. The van der Waals surface area contributed by atoms with Crippen molar-refractivity contribution in [3.8, 4) is 0 Å². The molecule has 1 heterocycles. The van der Waals surface area contributed by atoms with Gasteiger partial charge in [-0.05, 0) is 55.4 Å². The number of H-pyrrole nitrogens is 1. The molecule has 0 unspecified atom stereocenters. The van der Waals surface area contributed by atoms with Gasteiger partial charge in [0.25, 0.3) is 0 Å². The molecule has 23 heavy (non-hydrogen) atoms. The van der Waals surface area contributed by atoms with Gasteiger partial charge in [0.05, 0.1) is 10.4 Å². The smallest absolute Gasteiger partial charge is 0.241 e. The molecular formula is C16H22N4O2S. The second-order valence-electron chi connectivity index (χ2n) is 6.01. The predicted octanol–water partition coefficient (Wildman–Crippen LogP) is 2.29. The summed E-state index contributed by atoms with van der Waals surface area (Å²) in [7, 11) is -3.60. The summed E-state index contributed by atoms with van der Waals surface area (Å²) in [6.07, 6.45) is 5.57. The number of benzene rings is 1. The molecule has 3 rings (SSSR count). The molecule has 0 radical (unpaired) electrons. The third-order valence-corrected chi connectivity index (χ3v) is 6.19. The Hall–Kier alpha value is -1.73. The Morgan fingerprint density at radius 2 is 1.96 bits per heavy atom. The maximum absolute atomic E-state index is 12.8. The van der Waals surface area contributed by atoms with Crippen molar-refractivity contribution in [1.29, 1.82) is 0 Å². The molecule has 0 bridgehead atoms. The van der Waals surface area contributed by atoms with Gasteiger partial charge in [-0.15, -0.1) is 0 Å². The Kier molecular flexibility index (Phi) is 4.25. The monoisotopic (exact) mass is 334 g/mol. The number of aromatic amines is 1. The van der Waals surface area contributed by atoms with Crippen molar-refractivity contribution in [1.82, 2.24) is 19.9 Å². The number of hydrogen-bond acceptors (Lipinski definition) is 4. The minimum atomic E-state index is -3.60. The summed E-state index contributed by atoms with van der Waals surface area (Å²) in [4.78, 5) is 4.47. The second kappa shape index (κ2) is 6.05. The van der Waals surface area contributed by atoms with E-state index in [0.717, 1.165) is 37.7 Å². The van der Waals surface area contributed by atoms with Gasteiger partial charge in [0, 0.05) is 0 Å². The largest absolute Gasteiger partial charge is 0.262 e. The summed E-state index contributed by atoms with van der Waals surface area (Å²) in [5.74, 6) is 0.591. The van der Waals surface area contributed by atoms with Gasteiger partial charge in [0.15, 0.2) is 0 Å². The molecule has 0 spiro atoms. The van der Waals surface area contributed by atoms with E-state index >= 15 is 0 Å². The topological polar surface area (TPSA) is 87.7 Å². The fraction of sp³-hybridized carbons (Fsp3) is 0.500. The fourth-order valence-electron chi connectivity index (χ4n) is 3.11. The fourth-order valence-corrected chi connectivity index (χ4v) is 4.59. The highest BCUT2D eigenvalue weighted by Gasteiger charge is 2.44. The van der Waals surface area contributed by atoms with E-state index in [0.29, 0.717) is 10.7 Å². The first-order valence-electron chi connectivity index (χ1n) is 8.02. The molecule has 1 saturated carbocycles. The van der Waals surface area contributed by atoms with Gasteiger partial charge in [-0.25, -0.2) is 13.4 Å². The number of sulfonamides is 1. The van der Waals surface area contributed by atoms with Crippen LogP contribution in [0.5, 0.6) is 0 Å². The van der Waals surface area contributed by atoms with Crippen molar-refractivity contribution in [2.24, 2.45) is 0 Å². The van der Waals surface area contributed by atoms with Crippen molar-refractivity contribution < 1.29 is 8.42 Å². The van der Waals surface area contributed by atoms with Crippen molar-refractivity contribution in [2.45, 2.75) is 56.4 Å². The third kappa shape index (κ3) is 2.90. The molecule has 0 aliphatic heterocycles. The van der Waals surface area contributed by atoms with Crippen LogP contribution in [0, 0.1) is 0 Å². The van der Waals surface area contributed by atoms with E-state index in [-0.39, 0.29) is 0 Å². The van der Waals surface area contributed by atoms with Crippen LogP contribution in [0.15, 0.2) is 29.4 Å². The number of aryl methyl sites for hydroxylation is 2. The minimum Gasteiger partial charge on any atom is -0.262 e. The molecule has 124 valence electrons. The van der Waals surface area contributed by atoms with Crippen LogP contribution in [0.3, 0.4) is 0 Å². The lowest BCUT2D eigenvalue weighted by Gasteiger charge is -2.40. The van der Waals surface area contributed by atoms with Crippen LogP contribution in [0.4, 0.5) is 0 Å². The Labute approximate surface area is 136 Å². The lowest BCUT2D eigenvalue weighted by molar-refractivity contribution is 0.211. The van der Waals surface area contributed by atoms with Gasteiger partial charge in [-0.1, -0.05) is 19.9 Å². The van der Waals surface area contributed by atoms with Crippen molar-refractivity contribution in [3.63, 3.8) is 0 Å². The molecule has 1 aromatic heterocycles. The van der Waals surface area contributed by atoms with Gasteiger partial charge < -0.3 is 0 Å². The molecule has 1 fully saturated rings. The Morgan fingerprint density at radius 3 is 2.48 bits per heavy atom. The molecule has 1 aromatic carbocycles. The lowest BCUT2D eigenvalue weighted by Crippen LogP contribution is -2.51. The molecule has 0 amide bonds. The van der Waals surface area contributed by atoms with Crippen LogP contribution >= 0.6 is 0 Å². The number of hydrogen-bond donors (Lipinski definition) is 2. The number of nitrogens with one attached hydrogen (secondary N) is 2. The zero-order valence-corrected chi connectivity index (χ0v) is 14.3. The van der Waals surface area contributed by atoms with Crippen LogP contribution < -0.4 is 4.72 Å². The van der Waals surface area contributed by atoms with E-state index in [1.165, 1.54) is 11.9 Å². The summed E-state index contributed by atoms with van der Waals surface area (Å²) in [5, 5.41) is 6.66. The summed E-state index contributed by atoms with van der Waals surface area (Å²) in [6.45, 7) is 4.12. The van der Waals surface area contributed by atoms with Crippen LogP contribution in [0.1, 0.15) is 50.1 Å². The zero-order valence-electron chi connectivity index (χ0n) is 13.5. The normalized spacial score (nSPS) is 17.0. The molecule has 6 nitrogen and oxygen atoms in total. The highest BCUT2D eigenvalue weighted by atomic mass is 32.2. The van der Waals surface area contributed by atoms with Gasteiger partial charge >= 0.3 is 0 Å². The molecule has 2 N–H and O–H groups in total. The molecule has 1 aliphatic carbocycles. The van der Waals surface area contributed by atoms with E-state index in [4.69, 9.17) is 0 Å². The summed E-state index contributed by atoms with van der Waals surface area (Å²) >= 11 is 0. The summed E-state index contributed by atoms with van der Waals surface area (Å²) < 4.78 is 28.5. The molecule has 2 aromatic rings. The number of rotatable bonds is 6. The Balaban J connectivity index is 1.93. The van der Waals surface area contributed by atoms with Crippen molar-refractivity contribution in [2.75, 3.05) is 0 Å². The quantitative estimate of drug-likeness (QED) is 0.848. The second-order valence-corrected chi connectivity index (χ2v) is 7.70. The number of aromatic nitrogens is 3. The minimum absolute atomic E-state index is 0.317. The first kappa shape index (κ1) is 16.1. The average Bonchev–Trinajstić information content (AvgIpc) is 3.04. The lowest BCUT2D eigenvalue weighted by atomic mass is 9.77. The van der Waals surface area contributed by atoms with Crippen LogP contribution in [0.25, 0.3) is 0 Å². The van der Waals surface area contributed by atoms with Gasteiger partial charge in [-0.2, -0.15) is 9.82 Å². The van der Waals surface area contributed by atoms with E-state index < -0.39 is 15.6 Å². The molecule has 0 saturated heterocycles. The van der Waals surface area contributed by atoms with Gasteiger partial charge in [-0.3, -0.25) is 5.10 Å². The van der Waals surface area contributed by atoms with Gasteiger partial charge in [0.2, 0.25) is 10.0 Å². The van der Waals surface area contributed by atoms with Crippen LogP contribution in [-0.2, 0) is 28.4 Å². The highest BCUT2D eigenvalue weighted by molar-refractivity contribution is 7.89. The maximum Gasteiger partial charge on any atom is 0.241 e. The standard InChI is InChI=1S/C16H22N4O2S/c1-3-12-6-7-14(10-13(12)4-2)23(21,22)20-16(8-5-9-16)15-17-11-18-19-15/h6-7,10-11,20H,3-5,8-9H2,1-2H3,(H,17,18,19). The Bertz CT molecular complexity index is 780. The Morgan fingerprint density at radius 1 is 1.22 bits per heavy atom. The van der Waals surface area contributed by atoms with Crippen LogP contribution in [0.2, 0.25) is 0 Å². The van der Waals surface area contributed by atoms with Crippen LogP contribution in [-0.4, -0.2) is 23.6 Å². The highest BCUT2D eigenvalue weighted by Crippen LogP contribution is 2.40. The van der Waals surface area contributed by atoms with Gasteiger partial charge in [0.1, 0.15) is 12.2 Å². The first-order chi connectivity index (χ1) is 11.0. The maximum atomic E-state index is 12.8. The van der Waals surface area contributed by atoms with E-state index in [2.05, 4.69) is 26.8 Å². The van der Waals surface area contributed by atoms with E-state index in [1.54, 1.807) is 12.1 Å². The van der Waals surface area contributed by atoms with Crippen molar-refractivity contribution in [3.05, 3.63) is 41.5 Å². The molecule has 7 heteroatoms. The summed E-state index contributed by atoms with van der Waals surface area (Å²) in [5.41, 5.74) is 1.63. The first-order valence-corrected chi connectivity index (χ1v) is 9.50. The zero-order chi connectivity index (χ0) is 16.5. The molecular weight excluding hydrogens is 312 g/mol. The average molecular weight is 334 g/mol. The van der Waals surface area contributed by atoms with Crippen molar-refractivity contribution >= 4 is 10.0 Å². The van der Waals surface area contributed by atoms with E-state index in [9.17, 15) is 8.42 Å². The molecule has 0 atom stereocenters. The molecule has 1 aliphatic rings. The van der Waals surface area contributed by atoms with E-state index in [1.807, 2.05) is 13.0 Å². The third-order valence-electron chi connectivity index (χ3n) is 4.65. The SMILES string of the molecule is CCc1ccc(S(=O)(=O)NC2(c3ncn[nH]3)CCC2)cc1CC. The predicted molar refractivity (Wildman–Crippen MR) is 87.4 cm³/mol.